The van der Waals surface area contributed by atoms with Crippen molar-refractivity contribution in [2.45, 2.75) is 38.0 Å². The highest BCUT2D eigenvalue weighted by Crippen LogP contribution is 2.36. The maximum absolute atomic E-state index is 10.4. The van der Waals surface area contributed by atoms with Crippen molar-refractivity contribution in [3.05, 3.63) is 34.9 Å². The van der Waals surface area contributed by atoms with Crippen molar-refractivity contribution in [2.24, 2.45) is 5.92 Å². The van der Waals surface area contributed by atoms with Gasteiger partial charge in [0.25, 0.3) is 0 Å². The van der Waals surface area contributed by atoms with Crippen LogP contribution in [0, 0.1) is 5.92 Å². The number of hydrogen-bond donors (Lipinski definition) is 0. The van der Waals surface area contributed by atoms with Gasteiger partial charge < -0.3 is 4.79 Å². The van der Waals surface area contributed by atoms with Crippen LogP contribution in [0.4, 0.5) is 0 Å². The minimum atomic E-state index is 0.626. The summed E-state index contributed by atoms with van der Waals surface area (Å²) in [5.74, 6) is 1.29. The molecule has 1 aromatic rings. The van der Waals surface area contributed by atoms with Crippen molar-refractivity contribution in [2.75, 3.05) is 0 Å². The van der Waals surface area contributed by atoms with Gasteiger partial charge in [0.2, 0.25) is 0 Å². The normalized spacial score (nSPS) is 25.3. The molecule has 16 heavy (non-hydrogen) atoms. The van der Waals surface area contributed by atoms with Gasteiger partial charge in [-0.05, 0) is 55.2 Å². The fraction of sp³-hybridized carbons (Fsp3) is 0.500. The van der Waals surface area contributed by atoms with E-state index in [0.717, 1.165) is 17.7 Å². The number of carbonyl (C=O) groups excluding carboxylic acids is 1. The summed E-state index contributed by atoms with van der Waals surface area (Å²) in [5.41, 5.74) is 1.40. The number of benzene rings is 1. The van der Waals surface area contributed by atoms with Crippen LogP contribution in [-0.2, 0) is 4.79 Å². The summed E-state index contributed by atoms with van der Waals surface area (Å²) in [6.07, 6.45) is 6.60. The predicted octanol–water partition coefficient (Wildman–Crippen LogP) is 4.20. The zero-order valence-corrected chi connectivity index (χ0v) is 10.1. The molecule has 0 N–H and O–H groups in total. The van der Waals surface area contributed by atoms with E-state index in [1.54, 1.807) is 0 Å². The predicted molar refractivity (Wildman–Crippen MR) is 66.8 cm³/mol. The third-order valence-corrected chi connectivity index (χ3v) is 3.87. The van der Waals surface area contributed by atoms with Crippen molar-refractivity contribution in [3.8, 4) is 0 Å². The highest BCUT2D eigenvalue weighted by Gasteiger charge is 2.21. The highest BCUT2D eigenvalue weighted by molar-refractivity contribution is 6.30. The number of carbonyl (C=O) groups is 1. The van der Waals surface area contributed by atoms with Gasteiger partial charge >= 0.3 is 0 Å². The van der Waals surface area contributed by atoms with Crippen LogP contribution in [0.25, 0.3) is 0 Å². The van der Waals surface area contributed by atoms with E-state index in [1.165, 1.54) is 31.2 Å². The van der Waals surface area contributed by atoms with E-state index in [2.05, 4.69) is 12.1 Å². The summed E-state index contributed by atoms with van der Waals surface area (Å²) < 4.78 is 0. The second-order valence-corrected chi connectivity index (χ2v) is 5.11. The second-order valence-electron chi connectivity index (χ2n) is 4.67. The first-order chi connectivity index (χ1) is 7.79. The monoisotopic (exact) mass is 236 g/mol. The number of halogens is 1. The molecule has 1 saturated carbocycles. The highest BCUT2D eigenvalue weighted by atomic mass is 35.5. The van der Waals surface area contributed by atoms with Gasteiger partial charge in [-0.25, -0.2) is 0 Å². The second kappa shape index (κ2) is 5.49. The Morgan fingerprint density at radius 3 is 2.31 bits per heavy atom. The largest absolute Gasteiger partial charge is 0.303 e. The molecule has 0 atom stereocenters. The van der Waals surface area contributed by atoms with Crippen LogP contribution in [0.1, 0.15) is 43.6 Å². The van der Waals surface area contributed by atoms with Gasteiger partial charge in [-0.1, -0.05) is 23.7 Å². The molecule has 0 bridgehead atoms. The molecule has 1 aliphatic rings. The smallest absolute Gasteiger partial charge is 0.120 e. The third-order valence-electron chi connectivity index (χ3n) is 3.62. The van der Waals surface area contributed by atoms with Gasteiger partial charge in [0.1, 0.15) is 6.29 Å². The quantitative estimate of drug-likeness (QED) is 0.719. The van der Waals surface area contributed by atoms with Crippen molar-refractivity contribution in [3.63, 3.8) is 0 Å². The van der Waals surface area contributed by atoms with Gasteiger partial charge in [-0.3, -0.25) is 0 Å². The lowest BCUT2D eigenvalue weighted by molar-refractivity contribution is -0.108. The van der Waals surface area contributed by atoms with Crippen molar-refractivity contribution in [1.82, 2.24) is 0 Å². The summed E-state index contributed by atoms with van der Waals surface area (Å²) in [5, 5.41) is 0.804. The van der Waals surface area contributed by atoms with Crippen molar-refractivity contribution >= 4 is 17.9 Å². The SMILES string of the molecule is O=CCC1CCC(c2ccc(Cl)cc2)CC1. The maximum Gasteiger partial charge on any atom is 0.120 e. The number of hydrogen-bond acceptors (Lipinski definition) is 1. The summed E-state index contributed by atoms with van der Waals surface area (Å²) in [7, 11) is 0. The van der Waals surface area contributed by atoms with Crippen LogP contribution < -0.4 is 0 Å². The van der Waals surface area contributed by atoms with Crippen LogP contribution in [0.5, 0.6) is 0 Å². The van der Waals surface area contributed by atoms with Gasteiger partial charge in [-0.2, -0.15) is 0 Å². The van der Waals surface area contributed by atoms with Gasteiger partial charge in [-0.15, -0.1) is 0 Å². The van der Waals surface area contributed by atoms with E-state index in [9.17, 15) is 4.79 Å². The lowest BCUT2D eigenvalue weighted by Crippen LogP contribution is -2.13. The first-order valence-corrected chi connectivity index (χ1v) is 6.36. The summed E-state index contributed by atoms with van der Waals surface area (Å²) in [6, 6.07) is 8.20. The van der Waals surface area contributed by atoms with Crippen LogP contribution in [0.3, 0.4) is 0 Å². The molecular weight excluding hydrogens is 220 g/mol. The average Bonchev–Trinajstić information content (AvgIpc) is 2.32. The fourth-order valence-corrected chi connectivity index (χ4v) is 2.73. The Morgan fingerprint density at radius 2 is 1.75 bits per heavy atom. The molecule has 0 aliphatic heterocycles. The van der Waals surface area contributed by atoms with Crippen LogP contribution >= 0.6 is 11.6 Å². The summed E-state index contributed by atoms with van der Waals surface area (Å²) in [6.45, 7) is 0. The molecule has 0 amide bonds. The van der Waals surface area contributed by atoms with Gasteiger partial charge in [0.15, 0.2) is 0 Å². The van der Waals surface area contributed by atoms with E-state index in [-0.39, 0.29) is 0 Å². The lowest BCUT2D eigenvalue weighted by Gasteiger charge is -2.27. The summed E-state index contributed by atoms with van der Waals surface area (Å²) >= 11 is 5.88. The summed E-state index contributed by atoms with van der Waals surface area (Å²) in [4.78, 5) is 10.4. The molecule has 1 aliphatic carbocycles. The zero-order chi connectivity index (χ0) is 11.4. The molecule has 0 aromatic heterocycles. The maximum atomic E-state index is 10.4. The molecule has 1 aromatic carbocycles. The third kappa shape index (κ3) is 2.85. The Labute approximate surface area is 102 Å². The van der Waals surface area contributed by atoms with Crippen molar-refractivity contribution < 1.29 is 4.79 Å². The Hall–Kier alpha value is -0.820. The van der Waals surface area contributed by atoms with E-state index < -0.39 is 0 Å². The van der Waals surface area contributed by atoms with Crippen LogP contribution in [0.2, 0.25) is 5.02 Å². The lowest BCUT2D eigenvalue weighted by atomic mass is 9.78. The Bertz CT molecular complexity index is 336. The number of rotatable bonds is 3. The molecule has 0 radical (unpaired) electrons. The molecular formula is C14H17ClO. The van der Waals surface area contributed by atoms with E-state index in [4.69, 9.17) is 11.6 Å². The first-order valence-electron chi connectivity index (χ1n) is 5.98. The molecule has 1 fully saturated rings. The molecule has 0 spiro atoms. The minimum Gasteiger partial charge on any atom is -0.303 e. The Balaban J connectivity index is 1.93. The van der Waals surface area contributed by atoms with E-state index >= 15 is 0 Å². The standard InChI is InChI=1S/C14H17ClO/c15-14-7-5-13(6-8-14)12-3-1-11(2-4-12)9-10-16/h5-8,10-12H,1-4,9H2. The van der Waals surface area contributed by atoms with Crippen LogP contribution in [-0.4, -0.2) is 6.29 Å². The van der Waals surface area contributed by atoms with Gasteiger partial charge in [0.05, 0.1) is 0 Å². The molecule has 0 unspecified atom stereocenters. The molecule has 2 heteroatoms. The molecule has 0 saturated heterocycles. The van der Waals surface area contributed by atoms with Gasteiger partial charge in [0, 0.05) is 11.4 Å². The Kier molecular flexibility index (Phi) is 4.00. The minimum absolute atomic E-state index is 0.626. The van der Waals surface area contributed by atoms with E-state index in [1.807, 2.05) is 12.1 Å². The fourth-order valence-electron chi connectivity index (χ4n) is 2.60. The Morgan fingerprint density at radius 1 is 1.12 bits per heavy atom. The van der Waals surface area contributed by atoms with Crippen LogP contribution in [0.15, 0.2) is 24.3 Å². The topological polar surface area (TPSA) is 17.1 Å². The molecule has 2 rings (SSSR count). The number of aldehydes is 1. The zero-order valence-electron chi connectivity index (χ0n) is 9.36. The van der Waals surface area contributed by atoms with Crippen molar-refractivity contribution in [1.29, 1.82) is 0 Å². The average molecular weight is 237 g/mol. The molecule has 86 valence electrons. The molecule has 0 heterocycles. The first kappa shape index (κ1) is 11.7. The van der Waals surface area contributed by atoms with E-state index in [0.29, 0.717) is 11.8 Å². The molecule has 1 nitrogen and oxygen atoms in total.